The van der Waals surface area contributed by atoms with Crippen molar-refractivity contribution >= 4 is 28.6 Å². The number of amides is 1. The van der Waals surface area contributed by atoms with E-state index in [4.69, 9.17) is 0 Å². The number of hydrogen-bond donors (Lipinski definition) is 3. The molecular weight excluding hydrogens is 371 g/mol. The number of aromatic nitrogens is 2. The van der Waals surface area contributed by atoms with E-state index in [1.165, 1.54) is 24.3 Å². The van der Waals surface area contributed by atoms with Crippen molar-refractivity contribution in [3.8, 4) is 0 Å². The molecule has 0 spiro atoms. The molecule has 2 aromatic carbocycles. The maximum Gasteiger partial charge on any atom is 0.243 e. The number of hydrogen-bond acceptors (Lipinski definition) is 3. The van der Waals surface area contributed by atoms with Crippen molar-refractivity contribution in [2.45, 2.75) is 19.9 Å². The third-order valence-electron chi connectivity index (χ3n) is 4.46. The van der Waals surface area contributed by atoms with E-state index in [2.05, 4.69) is 36.6 Å². The molecule has 8 heteroatoms. The normalized spacial score (nSPS) is 11.5. The van der Waals surface area contributed by atoms with E-state index in [9.17, 15) is 9.18 Å². The molecule has 0 bridgehead atoms. The largest absolute Gasteiger partial charge is 0.356 e. The zero-order valence-electron chi connectivity index (χ0n) is 16.6. The fraction of sp³-hybridized carbons (Fsp3) is 0.286. The number of carbonyl (C=O) groups is 1. The third kappa shape index (κ3) is 5.54. The average molecular weight is 396 g/mol. The molecule has 0 aliphatic rings. The van der Waals surface area contributed by atoms with Gasteiger partial charge in [0.1, 0.15) is 11.6 Å². The average Bonchev–Trinajstić information content (AvgIpc) is 3.04. The van der Waals surface area contributed by atoms with Crippen molar-refractivity contribution in [1.29, 1.82) is 0 Å². The molecule has 0 unspecified atom stereocenters. The van der Waals surface area contributed by atoms with Crippen molar-refractivity contribution in [3.05, 3.63) is 60.2 Å². The Morgan fingerprint density at radius 1 is 1.14 bits per heavy atom. The lowest BCUT2D eigenvalue weighted by Gasteiger charge is -2.13. The number of fused-ring (bicyclic) bond motifs is 1. The van der Waals surface area contributed by atoms with Gasteiger partial charge < -0.3 is 20.5 Å². The molecule has 0 radical (unpaired) electrons. The molecule has 3 rings (SSSR count). The number of carbonyl (C=O) groups excluding carboxylic acids is 1. The van der Waals surface area contributed by atoms with Gasteiger partial charge in [0, 0.05) is 25.8 Å². The summed E-state index contributed by atoms with van der Waals surface area (Å²) in [5.41, 5.74) is 2.68. The molecule has 1 heterocycles. The van der Waals surface area contributed by atoms with Gasteiger partial charge in [-0.05, 0) is 49.7 Å². The predicted molar refractivity (Wildman–Crippen MR) is 113 cm³/mol. The Morgan fingerprint density at radius 3 is 2.66 bits per heavy atom. The van der Waals surface area contributed by atoms with Gasteiger partial charge in [-0.15, -0.1) is 0 Å². The van der Waals surface area contributed by atoms with Gasteiger partial charge in [-0.2, -0.15) is 0 Å². The van der Waals surface area contributed by atoms with Crippen molar-refractivity contribution in [1.82, 2.24) is 20.2 Å². The van der Waals surface area contributed by atoms with Crippen molar-refractivity contribution in [3.63, 3.8) is 0 Å². The van der Waals surface area contributed by atoms with Crippen LogP contribution in [0.1, 0.15) is 12.2 Å². The van der Waals surface area contributed by atoms with Gasteiger partial charge in [0.05, 0.1) is 17.6 Å². The molecule has 3 N–H and O–H groups in total. The number of para-hydroxylation sites is 2. The first kappa shape index (κ1) is 20.3. The first-order valence-corrected chi connectivity index (χ1v) is 9.48. The standard InChI is InChI=1S/C21H25FN6O/c1-15-26-18-6-3-4-7-19(18)28(15)13-5-12-24-21(23-2)25-14-20(29)27-17-10-8-16(22)9-11-17/h3-4,6-11H,5,12-14H2,1-2H3,(H,27,29)(H2,23,24,25). The van der Waals surface area contributed by atoms with Gasteiger partial charge in [0.2, 0.25) is 5.91 Å². The molecule has 0 fully saturated rings. The smallest absolute Gasteiger partial charge is 0.243 e. The summed E-state index contributed by atoms with van der Waals surface area (Å²) in [7, 11) is 1.65. The second-order valence-electron chi connectivity index (χ2n) is 6.56. The molecule has 0 aliphatic carbocycles. The second-order valence-corrected chi connectivity index (χ2v) is 6.56. The van der Waals surface area contributed by atoms with Crippen LogP contribution in [0, 0.1) is 12.7 Å². The summed E-state index contributed by atoms with van der Waals surface area (Å²) in [5.74, 6) is 0.960. The minimum absolute atomic E-state index is 0.0579. The predicted octanol–water partition coefficient (Wildman–Crippen LogP) is 2.68. The number of guanidine groups is 1. The zero-order chi connectivity index (χ0) is 20.6. The highest BCUT2D eigenvalue weighted by Crippen LogP contribution is 2.15. The summed E-state index contributed by atoms with van der Waals surface area (Å²) in [4.78, 5) is 20.7. The number of nitrogens with zero attached hydrogens (tertiary/aromatic N) is 3. The fourth-order valence-electron chi connectivity index (χ4n) is 3.05. The van der Waals surface area contributed by atoms with Gasteiger partial charge in [0.15, 0.2) is 5.96 Å². The first-order valence-electron chi connectivity index (χ1n) is 9.48. The van der Waals surface area contributed by atoms with E-state index in [1.54, 1.807) is 7.05 Å². The minimum Gasteiger partial charge on any atom is -0.356 e. The zero-order valence-corrected chi connectivity index (χ0v) is 16.6. The van der Waals surface area contributed by atoms with Crippen LogP contribution in [-0.2, 0) is 11.3 Å². The molecule has 1 amide bonds. The lowest BCUT2D eigenvalue weighted by Crippen LogP contribution is -2.41. The Kier molecular flexibility index (Phi) is 6.78. The number of benzene rings is 2. The Bertz CT molecular complexity index is 996. The molecule has 3 aromatic rings. The molecule has 0 aliphatic heterocycles. The maximum absolute atomic E-state index is 12.9. The first-order chi connectivity index (χ1) is 14.1. The van der Waals surface area contributed by atoms with Crippen LogP contribution < -0.4 is 16.0 Å². The molecular formula is C21H25FN6O. The topological polar surface area (TPSA) is 83.3 Å². The lowest BCUT2D eigenvalue weighted by molar-refractivity contribution is -0.115. The van der Waals surface area contributed by atoms with E-state index in [-0.39, 0.29) is 18.3 Å². The summed E-state index contributed by atoms with van der Waals surface area (Å²) in [6, 6.07) is 13.7. The highest BCUT2D eigenvalue weighted by atomic mass is 19.1. The van der Waals surface area contributed by atoms with Crippen molar-refractivity contribution in [2.24, 2.45) is 4.99 Å². The van der Waals surface area contributed by atoms with Crippen LogP contribution in [0.4, 0.5) is 10.1 Å². The van der Waals surface area contributed by atoms with Gasteiger partial charge >= 0.3 is 0 Å². The van der Waals surface area contributed by atoms with Crippen LogP contribution in [0.5, 0.6) is 0 Å². The molecule has 0 saturated heterocycles. The minimum atomic E-state index is -0.343. The third-order valence-corrected chi connectivity index (χ3v) is 4.46. The lowest BCUT2D eigenvalue weighted by atomic mass is 10.3. The van der Waals surface area contributed by atoms with E-state index in [0.717, 1.165) is 29.8 Å². The monoisotopic (exact) mass is 396 g/mol. The maximum atomic E-state index is 12.9. The molecule has 0 saturated carbocycles. The number of halogens is 1. The van der Waals surface area contributed by atoms with Crippen LogP contribution in [0.25, 0.3) is 11.0 Å². The van der Waals surface area contributed by atoms with Crippen molar-refractivity contribution in [2.75, 3.05) is 25.5 Å². The molecule has 29 heavy (non-hydrogen) atoms. The number of aliphatic imine (C=N–C) groups is 1. The summed E-state index contributed by atoms with van der Waals surface area (Å²) in [5, 5.41) is 8.87. The second kappa shape index (κ2) is 9.68. The van der Waals surface area contributed by atoms with E-state index in [0.29, 0.717) is 18.2 Å². The Labute approximate surface area is 169 Å². The van der Waals surface area contributed by atoms with E-state index >= 15 is 0 Å². The molecule has 0 atom stereocenters. The van der Waals surface area contributed by atoms with Gasteiger partial charge in [-0.3, -0.25) is 9.79 Å². The summed E-state index contributed by atoms with van der Waals surface area (Å²) in [6.45, 7) is 3.60. The number of anilines is 1. The Balaban J connectivity index is 1.41. The van der Waals surface area contributed by atoms with Crippen LogP contribution in [0.3, 0.4) is 0 Å². The summed E-state index contributed by atoms with van der Waals surface area (Å²) < 4.78 is 15.1. The fourth-order valence-corrected chi connectivity index (χ4v) is 3.05. The summed E-state index contributed by atoms with van der Waals surface area (Å²) in [6.07, 6.45) is 0.879. The Morgan fingerprint density at radius 2 is 1.90 bits per heavy atom. The highest BCUT2D eigenvalue weighted by molar-refractivity contribution is 5.94. The van der Waals surface area contributed by atoms with E-state index in [1.807, 2.05) is 25.1 Å². The van der Waals surface area contributed by atoms with Gasteiger partial charge in [-0.1, -0.05) is 12.1 Å². The van der Waals surface area contributed by atoms with Gasteiger partial charge in [-0.25, -0.2) is 9.37 Å². The van der Waals surface area contributed by atoms with Crippen LogP contribution in [-0.4, -0.2) is 41.6 Å². The number of aryl methyl sites for hydroxylation is 2. The van der Waals surface area contributed by atoms with Crippen molar-refractivity contribution < 1.29 is 9.18 Å². The number of imidazole rings is 1. The number of rotatable bonds is 7. The quantitative estimate of drug-likeness (QED) is 0.326. The molecule has 7 nitrogen and oxygen atoms in total. The number of nitrogens with one attached hydrogen (secondary N) is 3. The molecule has 1 aromatic heterocycles. The SMILES string of the molecule is CN=C(NCCCn1c(C)nc2ccccc21)NCC(=O)Nc1ccc(F)cc1. The van der Waals surface area contributed by atoms with Crippen LogP contribution >= 0.6 is 0 Å². The Hall–Kier alpha value is -3.42. The van der Waals surface area contributed by atoms with Crippen LogP contribution in [0.15, 0.2) is 53.5 Å². The molecule has 152 valence electrons. The highest BCUT2D eigenvalue weighted by Gasteiger charge is 2.07. The van der Waals surface area contributed by atoms with Crippen LogP contribution in [0.2, 0.25) is 0 Å². The summed E-state index contributed by atoms with van der Waals surface area (Å²) >= 11 is 0. The van der Waals surface area contributed by atoms with E-state index < -0.39 is 0 Å². The van der Waals surface area contributed by atoms with Gasteiger partial charge in [0.25, 0.3) is 0 Å².